The number of benzene rings is 2. The van der Waals surface area contributed by atoms with Gasteiger partial charge in [-0.25, -0.2) is 9.36 Å². The number of hydrogen-bond donors (Lipinski definition) is 0. The van der Waals surface area contributed by atoms with Crippen molar-refractivity contribution in [2.45, 2.75) is 20.0 Å². The van der Waals surface area contributed by atoms with Gasteiger partial charge in [0.25, 0.3) is 5.56 Å². The highest BCUT2D eigenvalue weighted by Crippen LogP contribution is 2.17. The first kappa shape index (κ1) is 22.3. The second-order valence-electron chi connectivity index (χ2n) is 8.63. The van der Waals surface area contributed by atoms with Crippen LogP contribution < -0.4 is 11.2 Å². The van der Waals surface area contributed by atoms with Gasteiger partial charge in [0, 0.05) is 32.7 Å². The van der Waals surface area contributed by atoms with Crippen molar-refractivity contribution >= 4 is 27.5 Å². The topological polar surface area (TPSA) is 67.6 Å². The van der Waals surface area contributed by atoms with Crippen molar-refractivity contribution in [2.75, 3.05) is 26.2 Å². The molecule has 3 heterocycles. The average molecular weight is 475 g/mol. The predicted molar refractivity (Wildman–Crippen MR) is 135 cm³/mol. The summed E-state index contributed by atoms with van der Waals surface area (Å²) >= 11 is 1.29. The Labute approximate surface area is 201 Å². The highest BCUT2D eigenvalue weighted by molar-refractivity contribution is 7.17. The number of fused-ring (bicyclic) bond motifs is 1. The molecule has 7 nitrogen and oxygen atoms in total. The molecule has 34 heavy (non-hydrogen) atoms. The fourth-order valence-electron chi connectivity index (χ4n) is 4.47. The van der Waals surface area contributed by atoms with Gasteiger partial charge in [-0.2, -0.15) is 0 Å². The first-order valence-electron chi connectivity index (χ1n) is 11.4. The molecule has 2 aromatic carbocycles. The van der Waals surface area contributed by atoms with Gasteiger partial charge in [0.1, 0.15) is 11.2 Å². The molecule has 0 unspecified atom stereocenters. The third-order valence-corrected chi connectivity index (χ3v) is 7.17. The zero-order valence-corrected chi connectivity index (χ0v) is 19.8. The van der Waals surface area contributed by atoms with E-state index in [9.17, 15) is 14.4 Å². The molecule has 4 aromatic rings. The number of aryl methyl sites for hydroxylation is 1. The Morgan fingerprint density at radius 1 is 0.941 bits per heavy atom. The van der Waals surface area contributed by atoms with Gasteiger partial charge in [0.15, 0.2) is 0 Å². The Morgan fingerprint density at radius 2 is 1.71 bits per heavy atom. The lowest BCUT2D eigenvalue weighted by molar-refractivity contribution is -0.133. The number of carbonyl (C=O) groups excluding carboxylic acids is 1. The van der Waals surface area contributed by atoms with E-state index in [1.807, 2.05) is 42.2 Å². The summed E-state index contributed by atoms with van der Waals surface area (Å²) in [5.41, 5.74) is 2.40. The van der Waals surface area contributed by atoms with Crippen molar-refractivity contribution in [3.63, 3.8) is 0 Å². The minimum Gasteiger partial charge on any atom is -0.339 e. The number of aromatic nitrogens is 2. The lowest BCUT2D eigenvalue weighted by Gasteiger charge is -2.35. The molecule has 0 radical (unpaired) electrons. The third kappa shape index (κ3) is 4.34. The molecule has 1 amide bonds. The zero-order valence-electron chi connectivity index (χ0n) is 19.0. The minimum absolute atomic E-state index is 0.0865. The molecule has 8 heteroatoms. The molecule has 1 aliphatic heterocycles. The van der Waals surface area contributed by atoms with Crippen LogP contribution in [0.15, 0.2) is 75.6 Å². The van der Waals surface area contributed by atoms with E-state index in [0.29, 0.717) is 29.0 Å². The van der Waals surface area contributed by atoms with Crippen molar-refractivity contribution in [3.8, 4) is 5.69 Å². The van der Waals surface area contributed by atoms with Crippen LogP contribution in [-0.2, 0) is 17.9 Å². The summed E-state index contributed by atoms with van der Waals surface area (Å²) in [5.74, 6) is -0.108. The average Bonchev–Trinajstić information content (AvgIpc) is 3.33. The molecule has 2 aromatic heterocycles. The second-order valence-corrected chi connectivity index (χ2v) is 9.54. The van der Waals surface area contributed by atoms with Crippen molar-refractivity contribution in [2.24, 2.45) is 0 Å². The maximum Gasteiger partial charge on any atom is 0.336 e. The Kier molecular flexibility index (Phi) is 6.17. The van der Waals surface area contributed by atoms with Gasteiger partial charge in [0.2, 0.25) is 5.91 Å². The number of piperazine rings is 1. The quantitative estimate of drug-likeness (QED) is 0.446. The molecule has 0 bridgehead atoms. The molecule has 0 atom stereocenters. The van der Waals surface area contributed by atoms with Gasteiger partial charge < -0.3 is 4.90 Å². The van der Waals surface area contributed by atoms with Crippen LogP contribution in [0.5, 0.6) is 0 Å². The van der Waals surface area contributed by atoms with E-state index in [1.54, 1.807) is 23.6 Å². The molecular formula is C26H26N4O3S. The first-order valence-corrected chi connectivity index (χ1v) is 12.2. The van der Waals surface area contributed by atoms with E-state index in [1.165, 1.54) is 26.0 Å². The third-order valence-electron chi connectivity index (χ3n) is 6.28. The lowest BCUT2D eigenvalue weighted by Crippen LogP contribution is -2.50. The van der Waals surface area contributed by atoms with Crippen LogP contribution in [0.25, 0.3) is 15.9 Å². The SMILES string of the molecule is Cc1cccc(-n2c(=O)c3sccc3n(CC(=O)N3CCN(Cc4ccccc4)CC3)c2=O)c1. The van der Waals surface area contributed by atoms with Crippen molar-refractivity contribution in [1.29, 1.82) is 0 Å². The van der Waals surface area contributed by atoms with Gasteiger partial charge in [0.05, 0.1) is 11.2 Å². The standard InChI is InChI=1S/C26H26N4O3S/c1-19-6-5-9-21(16-19)30-25(32)24-22(10-15-34-24)29(26(30)33)18-23(31)28-13-11-27(12-14-28)17-20-7-3-2-4-8-20/h2-10,15-16H,11-14,17-18H2,1H3. The molecule has 0 aliphatic carbocycles. The lowest BCUT2D eigenvalue weighted by atomic mass is 10.2. The van der Waals surface area contributed by atoms with E-state index < -0.39 is 5.69 Å². The van der Waals surface area contributed by atoms with Gasteiger partial charge in [-0.3, -0.25) is 19.1 Å². The van der Waals surface area contributed by atoms with Crippen LogP contribution in [0.3, 0.4) is 0 Å². The number of amides is 1. The van der Waals surface area contributed by atoms with E-state index in [0.717, 1.165) is 25.2 Å². The van der Waals surface area contributed by atoms with Crippen LogP contribution in [0, 0.1) is 6.92 Å². The van der Waals surface area contributed by atoms with E-state index in [-0.39, 0.29) is 18.0 Å². The number of thiophene rings is 1. The van der Waals surface area contributed by atoms with Crippen molar-refractivity contribution in [3.05, 3.63) is 98.0 Å². The highest BCUT2D eigenvalue weighted by atomic mass is 32.1. The van der Waals surface area contributed by atoms with Gasteiger partial charge >= 0.3 is 5.69 Å². The van der Waals surface area contributed by atoms with Crippen LogP contribution >= 0.6 is 11.3 Å². The van der Waals surface area contributed by atoms with Crippen LogP contribution in [0.4, 0.5) is 0 Å². The molecule has 1 saturated heterocycles. The molecule has 0 N–H and O–H groups in total. The van der Waals surface area contributed by atoms with Gasteiger partial charge in [-0.1, -0.05) is 42.5 Å². The highest BCUT2D eigenvalue weighted by Gasteiger charge is 2.24. The fourth-order valence-corrected chi connectivity index (χ4v) is 5.29. The van der Waals surface area contributed by atoms with Crippen molar-refractivity contribution < 1.29 is 4.79 Å². The zero-order chi connectivity index (χ0) is 23.7. The van der Waals surface area contributed by atoms with E-state index in [4.69, 9.17) is 0 Å². The molecule has 1 aliphatic rings. The number of carbonyl (C=O) groups is 1. The fraction of sp³-hybridized carbons (Fsp3) is 0.269. The Bertz CT molecular complexity index is 1450. The Hall–Kier alpha value is -3.49. The summed E-state index contributed by atoms with van der Waals surface area (Å²) in [6.07, 6.45) is 0. The summed E-state index contributed by atoms with van der Waals surface area (Å²) in [4.78, 5) is 43.9. The number of rotatable bonds is 5. The summed E-state index contributed by atoms with van der Waals surface area (Å²) in [7, 11) is 0. The minimum atomic E-state index is -0.488. The first-order chi connectivity index (χ1) is 16.5. The monoisotopic (exact) mass is 474 g/mol. The van der Waals surface area contributed by atoms with E-state index in [2.05, 4.69) is 17.0 Å². The summed E-state index contributed by atoms with van der Waals surface area (Å²) < 4.78 is 3.09. The summed E-state index contributed by atoms with van der Waals surface area (Å²) in [6, 6.07) is 19.3. The molecule has 5 rings (SSSR count). The smallest absolute Gasteiger partial charge is 0.336 e. The Morgan fingerprint density at radius 3 is 2.44 bits per heavy atom. The summed E-state index contributed by atoms with van der Waals surface area (Å²) in [5, 5.41) is 1.79. The maximum atomic E-state index is 13.4. The van der Waals surface area contributed by atoms with Crippen LogP contribution in [-0.4, -0.2) is 51.0 Å². The molecule has 0 spiro atoms. The summed E-state index contributed by atoms with van der Waals surface area (Å²) in [6.45, 7) is 5.49. The van der Waals surface area contributed by atoms with Gasteiger partial charge in [-0.15, -0.1) is 11.3 Å². The molecule has 174 valence electrons. The van der Waals surface area contributed by atoms with Gasteiger partial charge in [-0.05, 0) is 41.6 Å². The molecule has 1 fully saturated rings. The number of nitrogens with zero attached hydrogens (tertiary/aromatic N) is 4. The largest absolute Gasteiger partial charge is 0.339 e. The molecule has 0 saturated carbocycles. The van der Waals surface area contributed by atoms with E-state index >= 15 is 0 Å². The number of hydrogen-bond acceptors (Lipinski definition) is 5. The second kappa shape index (κ2) is 9.40. The van der Waals surface area contributed by atoms with Crippen LogP contribution in [0.2, 0.25) is 0 Å². The Balaban J connectivity index is 1.38. The predicted octanol–water partition coefficient (Wildman–Crippen LogP) is 2.87. The molecular weight excluding hydrogens is 448 g/mol. The van der Waals surface area contributed by atoms with Crippen molar-refractivity contribution in [1.82, 2.24) is 18.9 Å². The maximum absolute atomic E-state index is 13.4. The van der Waals surface area contributed by atoms with Crippen LogP contribution in [0.1, 0.15) is 11.1 Å². The normalized spacial score (nSPS) is 14.6.